The topological polar surface area (TPSA) is 62.7 Å². The van der Waals surface area contributed by atoms with E-state index in [9.17, 15) is 4.79 Å². The number of rotatable bonds is 4. The van der Waals surface area contributed by atoms with Crippen LogP contribution in [0.5, 0.6) is 5.75 Å². The van der Waals surface area contributed by atoms with Crippen LogP contribution in [0.25, 0.3) is 0 Å². The number of aromatic nitrogens is 1. The van der Waals surface area contributed by atoms with Gasteiger partial charge in [0.15, 0.2) is 11.6 Å². The molecule has 1 aromatic rings. The summed E-state index contributed by atoms with van der Waals surface area (Å²) in [5, 5.41) is 8.69. The van der Waals surface area contributed by atoms with Crippen molar-refractivity contribution in [3.63, 3.8) is 0 Å². The van der Waals surface area contributed by atoms with Crippen molar-refractivity contribution in [3.8, 4) is 5.75 Å². The van der Waals surface area contributed by atoms with Gasteiger partial charge in [0, 0.05) is 18.2 Å². The van der Waals surface area contributed by atoms with Gasteiger partial charge < -0.3 is 14.7 Å². The number of aryl methyl sites for hydroxylation is 1. The Morgan fingerprint density at radius 1 is 1.56 bits per heavy atom. The van der Waals surface area contributed by atoms with Crippen LogP contribution in [0.3, 0.4) is 0 Å². The molecule has 0 aromatic carbocycles. The first-order chi connectivity index (χ1) is 8.58. The first kappa shape index (κ1) is 12.7. The average Bonchev–Trinajstić information content (AvgIpc) is 2.35. The first-order valence-electron chi connectivity index (χ1n) is 6.19. The third-order valence-corrected chi connectivity index (χ3v) is 2.98. The normalized spacial score (nSPS) is 14.3. The van der Waals surface area contributed by atoms with Crippen molar-refractivity contribution in [1.29, 1.82) is 0 Å². The van der Waals surface area contributed by atoms with Crippen LogP contribution in [0.1, 0.15) is 26.0 Å². The summed E-state index contributed by atoms with van der Waals surface area (Å²) in [5.74, 6) is 0.819. The molecule has 18 heavy (non-hydrogen) atoms. The second-order valence-corrected chi connectivity index (χ2v) is 4.65. The maximum Gasteiger partial charge on any atom is 0.303 e. The fraction of sp³-hybridized carbons (Fsp3) is 0.538. The van der Waals surface area contributed by atoms with E-state index in [1.54, 1.807) is 0 Å². The Morgan fingerprint density at radius 3 is 3.00 bits per heavy atom. The summed E-state index contributed by atoms with van der Waals surface area (Å²) in [6, 6.07) is 4.08. The lowest BCUT2D eigenvalue weighted by Gasteiger charge is -2.33. The van der Waals surface area contributed by atoms with Crippen molar-refractivity contribution in [2.75, 3.05) is 18.1 Å². The number of aliphatic carboxylic acids is 1. The van der Waals surface area contributed by atoms with E-state index in [1.165, 1.54) is 0 Å². The highest BCUT2D eigenvalue weighted by Gasteiger charge is 2.22. The molecule has 1 N–H and O–H groups in total. The van der Waals surface area contributed by atoms with Crippen molar-refractivity contribution in [1.82, 2.24) is 4.98 Å². The van der Waals surface area contributed by atoms with Gasteiger partial charge in [-0.15, -0.1) is 0 Å². The Hall–Kier alpha value is -1.78. The number of fused-ring (bicyclic) bond motifs is 1. The average molecular weight is 250 g/mol. The van der Waals surface area contributed by atoms with E-state index in [2.05, 4.69) is 23.7 Å². The van der Waals surface area contributed by atoms with E-state index in [4.69, 9.17) is 9.84 Å². The summed E-state index contributed by atoms with van der Waals surface area (Å²) in [6.07, 6.45) is 0.558. The minimum absolute atomic E-state index is 0.105. The fourth-order valence-corrected chi connectivity index (χ4v) is 2.03. The van der Waals surface area contributed by atoms with Gasteiger partial charge in [-0.1, -0.05) is 0 Å². The van der Waals surface area contributed by atoms with Crippen LogP contribution in [-0.2, 0) is 11.2 Å². The van der Waals surface area contributed by atoms with E-state index in [0.29, 0.717) is 19.1 Å². The molecule has 0 aliphatic carbocycles. The fourth-order valence-electron chi connectivity index (χ4n) is 2.03. The maximum atomic E-state index is 10.6. The summed E-state index contributed by atoms with van der Waals surface area (Å²) in [7, 11) is 0. The number of carboxylic acids is 1. The van der Waals surface area contributed by atoms with E-state index in [0.717, 1.165) is 23.8 Å². The minimum Gasteiger partial charge on any atom is -0.488 e. The Bertz CT molecular complexity index is 446. The second-order valence-electron chi connectivity index (χ2n) is 4.65. The van der Waals surface area contributed by atoms with Crippen LogP contribution in [-0.4, -0.2) is 35.3 Å². The van der Waals surface area contributed by atoms with Gasteiger partial charge in [0.05, 0.1) is 13.0 Å². The number of hydrogen-bond acceptors (Lipinski definition) is 4. The van der Waals surface area contributed by atoms with E-state index in [-0.39, 0.29) is 6.42 Å². The number of carboxylic acid groups (broad SMARTS) is 1. The molecule has 0 unspecified atom stereocenters. The Balaban J connectivity index is 2.22. The molecule has 1 aliphatic rings. The largest absolute Gasteiger partial charge is 0.488 e. The highest BCUT2D eigenvalue weighted by Crippen LogP contribution is 2.31. The van der Waals surface area contributed by atoms with Gasteiger partial charge in [-0.25, -0.2) is 4.98 Å². The molecule has 0 saturated carbocycles. The Morgan fingerprint density at radius 2 is 2.33 bits per heavy atom. The lowest BCUT2D eigenvalue weighted by atomic mass is 10.2. The van der Waals surface area contributed by atoms with Crippen LogP contribution in [0, 0.1) is 0 Å². The zero-order chi connectivity index (χ0) is 13.1. The molecule has 0 saturated heterocycles. The van der Waals surface area contributed by atoms with E-state index >= 15 is 0 Å². The SMILES string of the molecule is CC(C)N1CCOc2ccc(CCC(=O)O)nc21. The van der Waals surface area contributed by atoms with Crippen molar-refractivity contribution in [2.45, 2.75) is 32.7 Å². The molecule has 0 bridgehead atoms. The number of carbonyl (C=O) groups is 1. The summed E-state index contributed by atoms with van der Waals surface area (Å²) in [4.78, 5) is 17.3. The van der Waals surface area contributed by atoms with Gasteiger partial charge in [-0.3, -0.25) is 4.79 Å². The van der Waals surface area contributed by atoms with E-state index in [1.807, 2.05) is 12.1 Å². The Kier molecular flexibility index (Phi) is 3.69. The molecule has 1 aliphatic heterocycles. The van der Waals surface area contributed by atoms with Gasteiger partial charge in [0.2, 0.25) is 0 Å². The maximum absolute atomic E-state index is 10.6. The highest BCUT2D eigenvalue weighted by atomic mass is 16.5. The molecule has 0 amide bonds. The van der Waals surface area contributed by atoms with Gasteiger partial charge in [-0.2, -0.15) is 0 Å². The standard InChI is InChI=1S/C13H18N2O3/c1-9(2)15-7-8-18-11-5-3-10(14-13(11)15)4-6-12(16)17/h3,5,9H,4,6-8H2,1-2H3,(H,16,17). The molecule has 0 atom stereocenters. The van der Waals surface area contributed by atoms with Crippen molar-refractivity contribution < 1.29 is 14.6 Å². The molecular formula is C13H18N2O3. The van der Waals surface area contributed by atoms with Crippen LogP contribution in [0.15, 0.2) is 12.1 Å². The smallest absolute Gasteiger partial charge is 0.303 e. The highest BCUT2D eigenvalue weighted by molar-refractivity contribution is 5.67. The van der Waals surface area contributed by atoms with Gasteiger partial charge >= 0.3 is 5.97 Å². The third-order valence-electron chi connectivity index (χ3n) is 2.98. The molecular weight excluding hydrogens is 232 g/mol. The summed E-state index contributed by atoms with van der Waals surface area (Å²) in [6.45, 7) is 5.71. The zero-order valence-electron chi connectivity index (χ0n) is 10.7. The zero-order valence-corrected chi connectivity index (χ0v) is 10.7. The number of hydrogen-bond donors (Lipinski definition) is 1. The monoisotopic (exact) mass is 250 g/mol. The second kappa shape index (κ2) is 5.25. The molecule has 98 valence electrons. The van der Waals surface area contributed by atoms with Crippen LogP contribution < -0.4 is 9.64 Å². The van der Waals surface area contributed by atoms with Crippen molar-refractivity contribution >= 4 is 11.8 Å². The molecule has 2 heterocycles. The van der Waals surface area contributed by atoms with Crippen molar-refractivity contribution in [2.24, 2.45) is 0 Å². The molecule has 0 fully saturated rings. The lowest BCUT2D eigenvalue weighted by molar-refractivity contribution is -0.136. The van der Waals surface area contributed by atoms with Crippen LogP contribution in [0.2, 0.25) is 0 Å². The summed E-state index contributed by atoms with van der Waals surface area (Å²) in [5.41, 5.74) is 0.798. The quantitative estimate of drug-likeness (QED) is 0.881. The van der Waals surface area contributed by atoms with E-state index < -0.39 is 5.97 Å². The van der Waals surface area contributed by atoms with Crippen LogP contribution >= 0.6 is 0 Å². The van der Waals surface area contributed by atoms with Crippen molar-refractivity contribution in [3.05, 3.63) is 17.8 Å². The number of pyridine rings is 1. The lowest BCUT2D eigenvalue weighted by Crippen LogP contribution is -2.38. The minimum atomic E-state index is -0.800. The van der Waals surface area contributed by atoms with Gasteiger partial charge in [0.25, 0.3) is 0 Å². The Labute approximate surface area is 106 Å². The summed E-state index contributed by atoms with van der Waals surface area (Å²) < 4.78 is 5.56. The van der Waals surface area contributed by atoms with Crippen LogP contribution in [0.4, 0.5) is 5.82 Å². The molecule has 2 rings (SSSR count). The number of anilines is 1. The number of ether oxygens (including phenoxy) is 1. The molecule has 0 spiro atoms. The summed E-state index contributed by atoms with van der Waals surface area (Å²) >= 11 is 0. The molecule has 5 nitrogen and oxygen atoms in total. The predicted molar refractivity (Wildman–Crippen MR) is 68.2 cm³/mol. The molecule has 1 aromatic heterocycles. The third kappa shape index (κ3) is 2.72. The predicted octanol–water partition coefficient (Wildman–Crippen LogP) is 1.71. The first-order valence-corrected chi connectivity index (χ1v) is 6.19. The molecule has 5 heteroatoms. The van der Waals surface area contributed by atoms with Gasteiger partial charge in [0.1, 0.15) is 6.61 Å². The number of nitrogens with zero attached hydrogens (tertiary/aromatic N) is 2. The van der Waals surface area contributed by atoms with Gasteiger partial charge in [-0.05, 0) is 26.0 Å². The molecule has 0 radical (unpaired) electrons.